The quantitative estimate of drug-likeness (QED) is 0.643. The highest BCUT2D eigenvalue weighted by molar-refractivity contribution is 5.78. The lowest BCUT2D eigenvalue weighted by molar-refractivity contribution is -0.120. The van der Waals surface area contributed by atoms with E-state index in [1.807, 2.05) is 13.8 Å². The van der Waals surface area contributed by atoms with Crippen molar-refractivity contribution >= 4 is 5.78 Å². The molecule has 1 aromatic heterocycles. The molecule has 2 heterocycles. The van der Waals surface area contributed by atoms with Gasteiger partial charge in [0, 0.05) is 19.4 Å². The van der Waals surface area contributed by atoms with Crippen LogP contribution in [0.15, 0.2) is 6.20 Å². The normalized spacial score (nSPS) is 21.2. The van der Waals surface area contributed by atoms with Crippen molar-refractivity contribution in [2.75, 3.05) is 13.2 Å². The van der Waals surface area contributed by atoms with E-state index in [0.717, 1.165) is 18.5 Å². The maximum Gasteiger partial charge on any atom is 0.154 e. The van der Waals surface area contributed by atoms with Crippen LogP contribution in [0.3, 0.4) is 0 Å². The Kier molecular flexibility index (Phi) is 7.99. The monoisotopic (exact) mass is 353 g/mol. The summed E-state index contributed by atoms with van der Waals surface area (Å²) in [6.07, 6.45) is 4.66. The summed E-state index contributed by atoms with van der Waals surface area (Å²) in [5.41, 5.74) is 0.725. The first-order valence-electron chi connectivity index (χ1n) is 9.18. The second-order valence-corrected chi connectivity index (χ2v) is 7.38. The van der Waals surface area contributed by atoms with Crippen molar-refractivity contribution in [2.45, 2.75) is 78.4 Å². The molecule has 1 aromatic rings. The highest BCUT2D eigenvalue weighted by Crippen LogP contribution is 2.19. The van der Waals surface area contributed by atoms with E-state index in [2.05, 4.69) is 24.2 Å². The molecule has 1 saturated heterocycles. The van der Waals surface area contributed by atoms with Gasteiger partial charge in [0.05, 0.1) is 37.7 Å². The zero-order valence-electron chi connectivity index (χ0n) is 15.8. The fourth-order valence-electron chi connectivity index (χ4n) is 2.95. The van der Waals surface area contributed by atoms with Crippen LogP contribution in [-0.4, -0.2) is 52.3 Å². The van der Waals surface area contributed by atoms with Crippen LogP contribution >= 0.6 is 0 Å². The molecular weight excluding hydrogens is 322 g/mol. The molecule has 0 saturated carbocycles. The van der Waals surface area contributed by atoms with E-state index in [1.54, 1.807) is 10.9 Å². The van der Waals surface area contributed by atoms with Crippen molar-refractivity contribution in [1.82, 2.24) is 15.0 Å². The number of aromatic nitrogens is 3. The van der Waals surface area contributed by atoms with Gasteiger partial charge in [-0.05, 0) is 26.2 Å². The van der Waals surface area contributed by atoms with Gasteiger partial charge in [0.25, 0.3) is 0 Å². The molecule has 7 nitrogen and oxygen atoms in total. The van der Waals surface area contributed by atoms with Gasteiger partial charge in [0.2, 0.25) is 0 Å². The molecule has 25 heavy (non-hydrogen) atoms. The van der Waals surface area contributed by atoms with Crippen molar-refractivity contribution in [3.8, 4) is 0 Å². The molecule has 2 rings (SSSR count). The van der Waals surface area contributed by atoms with Crippen LogP contribution in [0, 0.1) is 5.92 Å². The lowest BCUT2D eigenvalue weighted by Gasteiger charge is -2.30. The van der Waals surface area contributed by atoms with E-state index >= 15 is 0 Å². The number of rotatable bonds is 10. The van der Waals surface area contributed by atoms with Crippen LogP contribution in [0.5, 0.6) is 0 Å². The fourth-order valence-corrected chi connectivity index (χ4v) is 2.95. The smallest absolute Gasteiger partial charge is 0.154 e. The van der Waals surface area contributed by atoms with Crippen molar-refractivity contribution in [3.63, 3.8) is 0 Å². The summed E-state index contributed by atoms with van der Waals surface area (Å²) in [6, 6.07) is 0. The molecule has 0 N–H and O–H groups in total. The Morgan fingerprint density at radius 3 is 2.92 bits per heavy atom. The molecule has 0 bridgehead atoms. The summed E-state index contributed by atoms with van der Waals surface area (Å²) >= 11 is 0. The zero-order valence-corrected chi connectivity index (χ0v) is 15.8. The Morgan fingerprint density at radius 1 is 1.40 bits per heavy atom. The van der Waals surface area contributed by atoms with E-state index in [4.69, 9.17) is 14.2 Å². The first kappa shape index (κ1) is 20.0. The van der Waals surface area contributed by atoms with E-state index in [0.29, 0.717) is 32.2 Å². The molecule has 0 aliphatic carbocycles. The Bertz CT molecular complexity index is 530. The molecule has 1 aliphatic rings. The molecule has 0 aromatic carbocycles. The summed E-state index contributed by atoms with van der Waals surface area (Å²) in [4.78, 5) is 11.8. The standard InChI is InChI=1S/C18H31N3O4/c1-13(2)7-16(22)10-21-9-15(19-20-21)11-23-12-18-8-17(5-6-24-18)25-14(3)4/h9,13-14,17-18H,5-8,10-12H2,1-4H3/t17-,18+/m1/s1. The van der Waals surface area contributed by atoms with Crippen molar-refractivity contribution in [1.29, 1.82) is 0 Å². The number of Topliss-reactive ketones (excluding diaryl/α,β-unsaturated/α-hetero) is 1. The predicted molar refractivity (Wildman–Crippen MR) is 93.1 cm³/mol. The van der Waals surface area contributed by atoms with Gasteiger partial charge in [-0.3, -0.25) is 4.79 Å². The zero-order chi connectivity index (χ0) is 18.2. The SMILES string of the molecule is CC(C)CC(=O)Cn1cc(COC[C@@H]2C[C@H](OC(C)C)CCO2)nn1. The van der Waals surface area contributed by atoms with E-state index in [9.17, 15) is 4.79 Å². The summed E-state index contributed by atoms with van der Waals surface area (Å²) < 4.78 is 18.9. The van der Waals surface area contributed by atoms with Crippen molar-refractivity contribution in [3.05, 3.63) is 11.9 Å². The second-order valence-electron chi connectivity index (χ2n) is 7.38. The third-order valence-electron chi connectivity index (χ3n) is 3.90. The molecular formula is C18H31N3O4. The predicted octanol–water partition coefficient (Wildman–Crippen LogP) is 2.38. The minimum absolute atomic E-state index is 0.0557. The summed E-state index contributed by atoms with van der Waals surface area (Å²) in [5.74, 6) is 0.525. The first-order chi connectivity index (χ1) is 11.9. The molecule has 1 fully saturated rings. The number of hydrogen-bond acceptors (Lipinski definition) is 6. The number of hydrogen-bond donors (Lipinski definition) is 0. The number of ketones is 1. The average Bonchev–Trinajstić information content (AvgIpc) is 2.93. The van der Waals surface area contributed by atoms with Crippen LogP contribution in [0.25, 0.3) is 0 Å². The Morgan fingerprint density at radius 2 is 2.20 bits per heavy atom. The van der Waals surface area contributed by atoms with Gasteiger partial charge in [-0.2, -0.15) is 0 Å². The molecule has 7 heteroatoms. The lowest BCUT2D eigenvalue weighted by atomic mass is 10.1. The molecule has 0 spiro atoms. The van der Waals surface area contributed by atoms with E-state index in [1.165, 1.54) is 0 Å². The van der Waals surface area contributed by atoms with Crippen LogP contribution in [0.2, 0.25) is 0 Å². The van der Waals surface area contributed by atoms with Crippen LogP contribution in [-0.2, 0) is 32.2 Å². The van der Waals surface area contributed by atoms with Crippen LogP contribution in [0.1, 0.15) is 52.7 Å². The van der Waals surface area contributed by atoms with Crippen molar-refractivity contribution < 1.29 is 19.0 Å². The topological polar surface area (TPSA) is 75.5 Å². The Balaban J connectivity index is 1.69. The second kappa shape index (κ2) is 9.99. The van der Waals surface area contributed by atoms with Crippen LogP contribution < -0.4 is 0 Å². The number of ether oxygens (including phenoxy) is 3. The maximum atomic E-state index is 11.8. The molecule has 0 amide bonds. The highest BCUT2D eigenvalue weighted by atomic mass is 16.5. The van der Waals surface area contributed by atoms with Gasteiger partial charge in [-0.25, -0.2) is 4.68 Å². The third kappa shape index (κ3) is 7.63. The van der Waals surface area contributed by atoms with Crippen LogP contribution in [0.4, 0.5) is 0 Å². The summed E-state index contributed by atoms with van der Waals surface area (Å²) in [6.45, 7) is 10.0. The summed E-state index contributed by atoms with van der Waals surface area (Å²) in [7, 11) is 0. The maximum absolute atomic E-state index is 11.8. The van der Waals surface area contributed by atoms with Gasteiger partial charge in [-0.1, -0.05) is 19.1 Å². The Hall–Kier alpha value is -1.31. The van der Waals surface area contributed by atoms with Gasteiger partial charge < -0.3 is 14.2 Å². The molecule has 0 unspecified atom stereocenters. The van der Waals surface area contributed by atoms with Gasteiger partial charge in [0.15, 0.2) is 5.78 Å². The van der Waals surface area contributed by atoms with E-state index < -0.39 is 0 Å². The van der Waals surface area contributed by atoms with Crippen molar-refractivity contribution in [2.24, 2.45) is 5.92 Å². The molecule has 2 atom stereocenters. The highest BCUT2D eigenvalue weighted by Gasteiger charge is 2.24. The molecule has 1 aliphatic heterocycles. The number of carbonyl (C=O) groups excluding carboxylic acids is 1. The molecule has 142 valence electrons. The van der Waals surface area contributed by atoms with E-state index in [-0.39, 0.29) is 30.6 Å². The van der Waals surface area contributed by atoms with Gasteiger partial charge in [-0.15, -0.1) is 5.10 Å². The van der Waals surface area contributed by atoms with Gasteiger partial charge in [0.1, 0.15) is 12.2 Å². The average molecular weight is 353 g/mol. The minimum atomic E-state index is 0.0557. The number of nitrogens with zero attached hydrogens (tertiary/aromatic N) is 3. The number of carbonyl (C=O) groups is 1. The largest absolute Gasteiger partial charge is 0.376 e. The third-order valence-corrected chi connectivity index (χ3v) is 3.90. The van der Waals surface area contributed by atoms with Gasteiger partial charge >= 0.3 is 0 Å². The summed E-state index contributed by atoms with van der Waals surface area (Å²) in [5, 5.41) is 8.04. The lowest BCUT2D eigenvalue weighted by Crippen LogP contribution is -2.35. The first-order valence-corrected chi connectivity index (χ1v) is 9.18. The Labute approximate surface area is 150 Å². The minimum Gasteiger partial charge on any atom is -0.376 e. The molecule has 0 radical (unpaired) electrons. The fraction of sp³-hybridized carbons (Fsp3) is 0.833.